The molecule has 450 valence electrons. The molecule has 10 aromatic rings. The molecule has 0 spiro atoms. The quantitative estimate of drug-likeness (QED) is 0.148. The van der Waals surface area contributed by atoms with Crippen molar-refractivity contribution in [1.82, 2.24) is 0 Å². The predicted molar refractivity (Wildman–Crippen MR) is 365 cm³/mol. The predicted octanol–water partition coefficient (Wildman–Crippen LogP) is 16.6. The fraction of sp³-hybridized carbons (Fsp3) is 0.337. The van der Waals surface area contributed by atoms with Gasteiger partial charge in [0.25, 0.3) is 0 Å². The molecule has 4 aliphatic rings. The van der Waals surface area contributed by atoms with Crippen LogP contribution in [0.25, 0.3) is 56.3 Å². The number of aryl methyl sites for hydroxylation is 15. The Balaban J connectivity index is 0.000000126. The minimum Gasteiger partial charge on any atom is -0.201 e. The smallest absolute Gasteiger partial charge is 0.201 e. The Bertz CT molecular complexity index is 4290. The van der Waals surface area contributed by atoms with Crippen LogP contribution in [0.5, 0.6) is 0 Å². The molecule has 14 rings (SSSR count). The Labute approximate surface area is 534 Å². The van der Waals surface area contributed by atoms with Gasteiger partial charge in [-0.1, -0.05) is 105 Å². The summed E-state index contributed by atoms with van der Waals surface area (Å²) in [6.45, 7) is 11.8. The summed E-state index contributed by atoms with van der Waals surface area (Å²) < 4.78 is 42.3. The summed E-state index contributed by atoms with van der Waals surface area (Å²) >= 11 is 0. The van der Waals surface area contributed by atoms with Crippen LogP contribution in [0.4, 0.5) is 0 Å². The van der Waals surface area contributed by atoms with E-state index >= 15 is 0 Å². The van der Waals surface area contributed by atoms with Gasteiger partial charge in [-0.2, -0.15) is 4.57 Å². The van der Waals surface area contributed by atoms with E-state index in [-0.39, 0.29) is 0 Å². The third-order valence-corrected chi connectivity index (χ3v) is 19.1. The highest BCUT2D eigenvalue weighted by molar-refractivity contribution is 5.68. The maximum absolute atomic E-state index is 8.30. The monoisotopic (exact) mass is 1170 g/mol. The SMILES string of the molecule is Cc1ccccc1-c1c2c(cc[n+]1C)CCC2.Cc1ccccc1-c1c2c(cc[n+]1C)CCCC2.Cc1ccccc1-c1cc2c(c[n+]1C)CCC2.Cc1ccccc1-c1cc2c(c[n+]1C)CCCC2.[2H]C([2H])([2H])C([2H])(C)c1ccc(-c2ccccc2C)[n+](C)c1C. The lowest BCUT2D eigenvalue weighted by Gasteiger charge is -2.17. The van der Waals surface area contributed by atoms with Crippen molar-refractivity contribution >= 4 is 0 Å². The molecule has 1 unspecified atom stereocenters. The first-order valence-electron chi connectivity index (χ1n) is 34.5. The normalized spacial score (nSPS) is 14.9. The molecule has 0 saturated heterocycles. The number of benzene rings is 5. The first-order chi connectivity index (χ1) is 44.1. The van der Waals surface area contributed by atoms with E-state index in [4.69, 9.17) is 5.48 Å². The molecule has 0 saturated carbocycles. The molecule has 88 heavy (non-hydrogen) atoms. The van der Waals surface area contributed by atoms with Crippen molar-refractivity contribution in [1.29, 1.82) is 0 Å². The van der Waals surface area contributed by atoms with Gasteiger partial charge >= 0.3 is 0 Å². The van der Waals surface area contributed by atoms with Gasteiger partial charge in [-0.15, -0.1) is 0 Å². The molecule has 0 radical (unpaired) electrons. The largest absolute Gasteiger partial charge is 0.216 e. The van der Waals surface area contributed by atoms with Gasteiger partial charge in [0.15, 0.2) is 30.5 Å². The summed E-state index contributed by atoms with van der Waals surface area (Å²) in [7, 11) is 10.5. The third kappa shape index (κ3) is 14.2. The van der Waals surface area contributed by atoms with Crippen molar-refractivity contribution in [2.45, 2.75) is 151 Å². The van der Waals surface area contributed by atoms with Crippen LogP contribution in [0.3, 0.4) is 0 Å². The minimum absolute atomic E-state index is 0.535. The van der Waals surface area contributed by atoms with Gasteiger partial charge in [-0.25, -0.2) is 18.3 Å². The molecule has 5 aromatic carbocycles. The molecule has 5 nitrogen and oxygen atoms in total. The zero-order valence-corrected chi connectivity index (χ0v) is 55.0. The molecule has 5 heteroatoms. The standard InChI is InChI=1S/2C17H20N.C17H22N.2C16H18N/c1-13-7-3-6-10-16(13)17-11-14-8-4-5-9-15(14)12-18(17)2;1-13-7-3-5-9-15(13)17-16-10-6-4-8-14(16)11-12-18(17)2;1-12(2)15-10-11-17(18(5)14(15)4)16-9-7-6-8-13(16)3;1-12-6-3-4-9-15(12)16-10-13-7-5-8-14(13)11-17(16)2;1-12-6-3-4-8-14(12)16-15-9-5-7-13(15)10-11-17(16)2/h3,6-7,10-12H,4-5,8-9H2,1-2H3;3,5,7,9,11-12H,4,6,8,10H2,1-2H3;6-12H,1-5H3;3-4,6,9-11H,5,7-8H2,1-2H3;3-4,6,8,10-11H,5,7,9H2,1-2H3/q5*+1/i;;1D3,12D;;. The molecule has 0 aliphatic heterocycles. The molecular weight excluding hydrogens is 1070 g/mol. The lowest BCUT2D eigenvalue weighted by molar-refractivity contribution is -0.667. The van der Waals surface area contributed by atoms with E-state index in [2.05, 4.69) is 233 Å². The number of fused-ring (bicyclic) bond motifs is 4. The second-order valence-electron chi connectivity index (χ2n) is 25.3. The fourth-order valence-electron chi connectivity index (χ4n) is 14.0. The van der Waals surface area contributed by atoms with Crippen LogP contribution in [0.15, 0.2) is 183 Å². The maximum atomic E-state index is 8.30. The van der Waals surface area contributed by atoms with Crippen LogP contribution >= 0.6 is 0 Å². The van der Waals surface area contributed by atoms with Crippen LogP contribution in [0.1, 0.15) is 147 Å². The number of aromatic nitrogens is 5. The van der Waals surface area contributed by atoms with Crippen molar-refractivity contribution in [3.8, 4) is 56.3 Å². The molecule has 5 aromatic heterocycles. The zero-order valence-electron chi connectivity index (χ0n) is 59.0. The van der Waals surface area contributed by atoms with Crippen molar-refractivity contribution in [2.24, 2.45) is 35.2 Å². The molecular formula is C83H98N5+5. The molecule has 1 atom stereocenters. The van der Waals surface area contributed by atoms with Gasteiger partial charge in [-0.3, -0.25) is 0 Å². The zero-order chi connectivity index (χ0) is 65.4. The summed E-state index contributed by atoms with van der Waals surface area (Å²) in [5.74, 6) is -1.63. The van der Waals surface area contributed by atoms with Crippen LogP contribution in [0.2, 0.25) is 0 Å². The molecule has 0 fully saturated rings. The number of hydrogen-bond donors (Lipinski definition) is 0. The maximum Gasteiger partial charge on any atom is 0.216 e. The summed E-state index contributed by atoms with van der Waals surface area (Å²) in [6.07, 6.45) is 27.0. The minimum atomic E-state index is -2.37. The van der Waals surface area contributed by atoms with Gasteiger partial charge in [0, 0.05) is 98.4 Å². The van der Waals surface area contributed by atoms with Crippen molar-refractivity contribution in [3.63, 3.8) is 0 Å². The van der Waals surface area contributed by atoms with E-state index < -0.39 is 12.7 Å². The van der Waals surface area contributed by atoms with E-state index in [0.717, 1.165) is 22.5 Å². The van der Waals surface area contributed by atoms with Gasteiger partial charge in [0.2, 0.25) is 28.5 Å². The molecule has 0 bridgehead atoms. The van der Waals surface area contributed by atoms with E-state index in [1.807, 2.05) is 42.8 Å². The van der Waals surface area contributed by atoms with Crippen LogP contribution < -0.4 is 22.8 Å². The lowest BCUT2D eigenvalue weighted by Crippen LogP contribution is -2.36. The molecule has 4 aliphatic carbocycles. The molecule has 0 N–H and O–H groups in total. The average molecular weight is 1170 g/mol. The Morgan fingerprint density at radius 2 is 0.693 bits per heavy atom. The Morgan fingerprint density at radius 3 is 1.14 bits per heavy atom. The van der Waals surface area contributed by atoms with E-state index in [0.29, 0.717) is 5.56 Å². The van der Waals surface area contributed by atoms with E-state index in [9.17, 15) is 0 Å². The summed E-state index contributed by atoms with van der Waals surface area (Å²) in [4.78, 5) is 0. The summed E-state index contributed by atoms with van der Waals surface area (Å²) in [5, 5.41) is 0. The first-order valence-corrected chi connectivity index (χ1v) is 32.5. The van der Waals surface area contributed by atoms with Crippen LogP contribution in [-0.4, -0.2) is 0 Å². The summed E-state index contributed by atoms with van der Waals surface area (Å²) in [6, 6.07) is 55.8. The number of pyridine rings is 5. The average Bonchev–Trinajstić information content (AvgIpc) is 1.06. The Morgan fingerprint density at radius 1 is 0.352 bits per heavy atom. The summed E-state index contributed by atoms with van der Waals surface area (Å²) in [5.41, 5.74) is 33.4. The number of hydrogen-bond acceptors (Lipinski definition) is 0. The lowest BCUT2D eigenvalue weighted by atomic mass is 9.88. The second kappa shape index (κ2) is 28.8. The second-order valence-corrected chi connectivity index (χ2v) is 25.3. The highest BCUT2D eigenvalue weighted by Gasteiger charge is 2.27. The Hall–Kier alpha value is -8.15. The van der Waals surface area contributed by atoms with Crippen molar-refractivity contribution in [3.05, 3.63) is 266 Å². The van der Waals surface area contributed by atoms with Crippen LogP contribution in [0, 0.1) is 41.5 Å². The van der Waals surface area contributed by atoms with Crippen molar-refractivity contribution in [2.75, 3.05) is 0 Å². The number of nitrogens with zero attached hydrogens (tertiary/aromatic N) is 5. The molecule has 5 heterocycles. The third-order valence-electron chi connectivity index (χ3n) is 19.1. The van der Waals surface area contributed by atoms with E-state index in [1.54, 1.807) is 45.0 Å². The topological polar surface area (TPSA) is 19.4 Å². The number of rotatable bonds is 6. The molecule has 0 amide bonds. The first kappa shape index (κ1) is 57.6. The van der Waals surface area contributed by atoms with E-state index in [1.165, 1.54) is 170 Å². The van der Waals surface area contributed by atoms with Gasteiger partial charge in [0.1, 0.15) is 35.2 Å². The van der Waals surface area contributed by atoms with Gasteiger partial charge in [-0.05, 0) is 217 Å². The highest BCUT2D eigenvalue weighted by atomic mass is 15.0. The van der Waals surface area contributed by atoms with Crippen LogP contribution in [-0.2, 0) is 86.6 Å². The fourth-order valence-corrected chi connectivity index (χ4v) is 14.0. The van der Waals surface area contributed by atoms with Gasteiger partial charge in [0.05, 0.1) is 0 Å². The van der Waals surface area contributed by atoms with Gasteiger partial charge < -0.3 is 0 Å². The highest BCUT2D eigenvalue weighted by Crippen LogP contribution is 2.34. The Kier molecular flexibility index (Phi) is 18.8. The van der Waals surface area contributed by atoms with Crippen molar-refractivity contribution < 1.29 is 28.3 Å².